The van der Waals surface area contributed by atoms with Crippen molar-refractivity contribution in [2.75, 3.05) is 19.0 Å². The number of rotatable bonds is 4. The van der Waals surface area contributed by atoms with Crippen molar-refractivity contribution in [2.24, 2.45) is 0 Å². The monoisotopic (exact) mass is 329 g/mol. The second-order valence-electron chi connectivity index (χ2n) is 5.05. The average molecular weight is 330 g/mol. The Kier molecular flexibility index (Phi) is 4.26. The van der Waals surface area contributed by atoms with E-state index in [-0.39, 0.29) is 5.91 Å². The topological polar surface area (TPSA) is 47.6 Å². The van der Waals surface area contributed by atoms with Crippen LogP contribution in [0.15, 0.2) is 36.4 Å². The Hall–Kier alpha value is -2.46. The summed E-state index contributed by atoms with van der Waals surface area (Å²) in [7, 11) is 1.60. The molecule has 0 saturated carbocycles. The lowest BCUT2D eigenvalue weighted by molar-refractivity contribution is -0.110. The molecule has 2 aromatic rings. The van der Waals surface area contributed by atoms with Crippen molar-refractivity contribution in [1.82, 2.24) is 0 Å². The average Bonchev–Trinajstić information content (AvgIpc) is 2.84. The number of carbonyl (C=O) groups is 1. The molecule has 0 bridgehead atoms. The molecule has 1 amide bonds. The highest BCUT2D eigenvalue weighted by atomic mass is 35.5. The fourth-order valence-corrected chi connectivity index (χ4v) is 2.69. The highest BCUT2D eigenvalue weighted by Crippen LogP contribution is 2.36. The van der Waals surface area contributed by atoms with E-state index in [1.807, 2.05) is 31.2 Å². The lowest BCUT2D eigenvalue weighted by atomic mass is 10.0. The molecule has 0 radical (unpaired) electrons. The summed E-state index contributed by atoms with van der Waals surface area (Å²) in [5.74, 6) is 1.17. The fourth-order valence-electron chi connectivity index (χ4n) is 2.52. The molecule has 5 heteroatoms. The molecule has 1 aliphatic rings. The van der Waals surface area contributed by atoms with Crippen LogP contribution >= 0.6 is 11.6 Å². The summed E-state index contributed by atoms with van der Waals surface area (Å²) in [5, 5.41) is 3.43. The van der Waals surface area contributed by atoms with E-state index in [1.54, 1.807) is 25.3 Å². The number of halogens is 1. The van der Waals surface area contributed by atoms with Crippen LogP contribution in [-0.4, -0.2) is 19.6 Å². The van der Waals surface area contributed by atoms with Gasteiger partial charge in [0.2, 0.25) is 0 Å². The van der Waals surface area contributed by atoms with Crippen molar-refractivity contribution in [3.63, 3.8) is 0 Å². The molecule has 1 heterocycles. The molecule has 0 saturated heterocycles. The predicted octanol–water partition coefficient (Wildman–Crippen LogP) is 4.24. The summed E-state index contributed by atoms with van der Waals surface area (Å²) in [6.45, 7) is 2.45. The summed E-state index contributed by atoms with van der Waals surface area (Å²) in [4.78, 5) is 12.2. The number of hydrogen-bond acceptors (Lipinski definition) is 3. The number of amides is 1. The maximum atomic E-state index is 12.2. The number of carbonyl (C=O) groups excluding carboxylic acids is 1. The number of fused-ring (bicyclic) bond motifs is 1. The lowest BCUT2D eigenvalue weighted by Gasteiger charge is -2.10. The molecule has 4 nitrogen and oxygen atoms in total. The number of methoxy groups -OCH3 is 1. The van der Waals surface area contributed by atoms with Gasteiger partial charge in [-0.1, -0.05) is 17.7 Å². The van der Waals surface area contributed by atoms with E-state index in [0.29, 0.717) is 28.7 Å². The highest BCUT2D eigenvalue weighted by Gasteiger charge is 2.24. The summed E-state index contributed by atoms with van der Waals surface area (Å²) < 4.78 is 10.8. The van der Waals surface area contributed by atoms with Gasteiger partial charge in [0.15, 0.2) is 11.5 Å². The Morgan fingerprint density at radius 3 is 2.74 bits per heavy atom. The Bertz CT molecular complexity index is 799. The van der Waals surface area contributed by atoms with Crippen molar-refractivity contribution in [1.29, 1.82) is 0 Å². The molecule has 23 heavy (non-hydrogen) atoms. The van der Waals surface area contributed by atoms with Crippen LogP contribution in [0.3, 0.4) is 0 Å². The van der Waals surface area contributed by atoms with Gasteiger partial charge in [0.25, 0.3) is 5.91 Å². The molecule has 1 aliphatic heterocycles. The summed E-state index contributed by atoms with van der Waals surface area (Å²) in [6.07, 6.45) is 1.82. The van der Waals surface area contributed by atoms with Crippen LogP contribution in [-0.2, 0) is 4.79 Å². The minimum absolute atomic E-state index is 0.143. The molecule has 0 spiro atoms. The zero-order chi connectivity index (χ0) is 16.4. The van der Waals surface area contributed by atoms with Gasteiger partial charge >= 0.3 is 0 Å². The third-order valence-corrected chi connectivity index (χ3v) is 3.80. The molecule has 2 aromatic carbocycles. The second-order valence-corrected chi connectivity index (χ2v) is 5.48. The fraction of sp³-hybridized carbons (Fsp3) is 0.167. The molecule has 0 fully saturated rings. The predicted molar refractivity (Wildman–Crippen MR) is 92.1 cm³/mol. The van der Waals surface area contributed by atoms with Gasteiger partial charge in [-0.3, -0.25) is 4.79 Å². The van der Waals surface area contributed by atoms with Crippen molar-refractivity contribution in [2.45, 2.75) is 6.92 Å². The van der Waals surface area contributed by atoms with Crippen LogP contribution in [0.25, 0.3) is 11.6 Å². The summed E-state index contributed by atoms with van der Waals surface area (Å²) in [5.41, 5.74) is 3.00. The van der Waals surface area contributed by atoms with Crippen molar-refractivity contribution in [3.05, 3.63) is 52.5 Å². The van der Waals surface area contributed by atoms with Crippen molar-refractivity contribution >= 4 is 34.8 Å². The molecule has 118 valence electrons. The smallest absolute Gasteiger partial charge is 0.256 e. The summed E-state index contributed by atoms with van der Waals surface area (Å²) in [6, 6.07) is 10.9. The van der Waals surface area contributed by atoms with Crippen molar-refractivity contribution in [3.8, 4) is 11.5 Å². The van der Waals surface area contributed by atoms with Gasteiger partial charge in [-0.05, 0) is 48.9 Å². The molecule has 0 aromatic heterocycles. The normalized spacial score (nSPS) is 14.6. The van der Waals surface area contributed by atoms with E-state index < -0.39 is 0 Å². The van der Waals surface area contributed by atoms with Crippen molar-refractivity contribution < 1.29 is 14.3 Å². The molecule has 0 unspecified atom stereocenters. The van der Waals surface area contributed by atoms with Gasteiger partial charge in [0.05, 0.1) is 13.7 Å². The number of ether oxygens (including phenoxy) is 2. The quantitative estimate of drug-likeness (QED) is 0.853. The van der Waals surface area contributed by atoms with E-state index in [1.165, 1.54) is 0 Å². The Morgan fingerprint density at radius 1 is 1.17 bits per heavy atom. The maximum Gasteiger partial charge on any atom is 0.256 e. The Labute approximate surface area is 139 Å². The van der Waals surface area contributed by atoms with Gasteiger partial charge < -0.3 is 14.8 Å². The van der Waals surface area contributed by atoms with Gasteiger partial charge in [-0.25, -0.2) is 0 Å². The zero-order valence-electron chi connectivity index (χ0n) is 12.9. The van der Waals surface area contributed by atoms with E-state index in [2.05, 4.69) is 5.32 Å². The van der Waals surface area contributed by atoms with Crippen LogP contribution in [0.2, 0.25) is 5.02 Å². The van der Waals surface area contributed by atoms with Crippen LogP contribution in [0.5, 0.6) is 11.5 Å². The van der Waals surface area contributed by atoms with Crippen LogP contribution < -0.4 is 14.8 Å². The summed E-state index contributed by atoms with van der Waals surface area (Å²) >= 11 is 6.04. The molecule has 0 aliphatic carbocycles. The molecular formula is C18H16ClNO3. The largest absolute Gasteiger partial charge is 0.493 e. The van der Waals surface area contributed by atoms with E-state index >= 15 is 0 Å². The number of nitrogens with one attached hydrogen (secondary N) is 1. The van der Waals surface area contributed by atoms with Gasteiger partial charge in [0.1, 0.15) is 0 Å². The molecule has 1 N–H and O–H groups in total. The van der Waals surface area contributed by atoms with Gasteiger partial charge in [-0.15, -0.1) is 0 Å². The van der Waals surface area contributed by atoms with Crippen LogP contribution in [0, 0.1) is 0 Å². The highest BCUT2D eigenvalue weighted by molar-refractivity contribution is 6.36. The zero-order valence-corrected chi connectivity index (χ0v) is 13.6. The van der Waals surface area contributed by atoms with Gasteiger partial charge in [-0.2, -0.15) is 0 Å². The Balaban J connectivity index is 2.04. The third-order valence-electron chi connectivity index (χ3n) is 3.56. The first-order chi connectivity index (χ1) is 11.1. The number of anilines is 1. The van der Waals surface area contributed by atoms with Crippen LogP contribution in [0.4, 0.5) is 5.69 Å². The third kappa shape index (κ3) is 3.03. The van der Waals surface area contributed by atoms with E-state index in [0.717, 1.165) is 16.8 Å². The minimum atomic E-state index is -0.143. The first kappa shape index (κ1) is 15.4. The number of benzene rings is 2. The lowest BCUT2D eigenvalue weighted by Crippen LogP contribution is -2.03. The maximum absolute atomic E-state index is 12.2. The standard InChI is InChI=1S/C18H16ClNO3/c1-3-23-17-9-11(4-7-16(17)22-2)8-14-13-10-12(19)5-6-15(13)20-18(14)21/h4-10H,3H2,1-2H3,(H,20,21). The molecule has 3 rings (SSSR count). The number of hydrogen-bond donors (Lipinski definition) is 1. The molecular weight excluding hydrogens is 314 g/mol. The van der Waals surface area contributed by atoms with E-state index in [4.69, 9.17) is 21.1 Å². The SMILES string of the molecule is CCOc1cc(C=C2C(=O)Nc3ccc(Cl)cc32)ccc1OC. The first-order valence-corrected chi connectivity index (χ1v) is 7.64. The minimum Gasteiger partial charge on any atom is -0.493 e. The second kappa shape index (κ2) is 6.34. The van der Waals surface area contributed by atoms with Crippen LogP contribution in [0.1, 0.15) is 18.1 Å². The first-order valence-electron chi connectivity index (χ1n) is 7.26. The van der Waals surface area contributed by atoms with E-state index in [9.17, 15) is 4.79 Å². The molecule has 0 atom stereocenters. The Morgan fingerprint density at radius 2 is 2.00 bits per heavy atom. The van der Waals surface area contributed by atoms with Gasteiger partial charge in [0, 0.05) is 21.8 Å².